The van der Waals surface area contributed by atoms with E-state index in [1.807, 2.05) is 18.2 Å². The Hall–Kier alpha value is -1.55. The second-order valence-electron chi connectivity index (χ2n) is 6.00. The van der Waals surface area contributed by atoms with Crippen LogP contribution in [-0.2, 0) is 6.42 Å². The van der Waals surface area contributed by atoms with Crippen molar-refractivity contribution in [1.82, 2.24) is 10.2 Å². The molecule has 108 valence electrons. The zero-order valence-electron chi connectivity index (χ0n) is 12.3. The molecule has 4 heteroatoms. The van der Waals surface area contributed by atoms with Crippen molar-refractivity contribution >= 4 is 11.6 Å². The number of fused-ring (bicyclic) bond motifs is 1. The van der Waals surface area contributed by atoms with Crippen molar-refractivity contribution in [1.29, 1.82) is 0 Å². The topological polar surface area (TPSA) is 44.4 Å². The van der Waals surface area contributed by atoms with E-state index in [2.05, 4.69) is 29.5 Å². The Morgan fingerprint density at radius 2 is 2.30 bits per heavy atom. The normalized spacial score (nSPS) is 18.6. The van der Waals surface area contributed by atoms with Gasteiger partial charge in [0.25, 0.3) is 5.91 Å². The molecule has 1 heterocycles. The summed E-state index contributed by atoms with van der Waals surface area (Å²) in [6, 6.07) is 7.05. The molecule has 1 aromatic rings. The second-order valence-corrected chi connectivity index (χ2v) is 6.00. The number of carbonyl (C=O) groups is 1. The Morgan fingerprint density at radius 1 is 1.50 bits per heavy atom. The van der Waals surface area contributed by atoms with Crippen LogP contribution < -0.4 is 10.6 Å². The molecule has 2 aliphatic rings. The summed E-state index contributed by atoms with van der Waals surface area (Å²) in [7, 11) is 2.15. The van der Waals surface area contributed by atoms with E-state index in [0.717, 1.165) is 24.6 Å². The molecule has 1 aliphatic heterocycles. The molecule has 0 radical (unpaired) electrons. The minimum absolute atomic E-state index is 0.0377. The Balaban J connectivity index is 1.56. The second kappa shape index (κ2) is 5.44. The lowest BCUT2D eigenvalue weighted by atomic mass is 10.1. The van der Waals surface area contributed by atoms with Crippen molar-refractivity contribution < 1.29 is 4.79 Å². The number of nitrogens with zero attached hydrogens (tertiary/aromatic N) is 1. The molecule has 1 aromatic carbocycles. The van der Waals surface area contributed by atoms with E-state index in [-0.39, 0.29) is 5.91 Å². The summed E-state index contributed by atoms with van der Waals surface area (Å²) in [5, 5.41) is 6.36. The van der Waals surface area contributed by atoms with E-state index >= 15 is 0 Å². The maximum Gasteiger partial charge on any atom is 0.251 e. The summed E-state index contributed by atoms with van der Waals surface area (Å²) in [6.07, 6.45) is 3.61. The molecule has 1 saturated carbocycles. The molecule has 1 unspecified atom stereocenters. The monoisotopic (exact) mass is 273 g/mol. The SMILES string of the molecule is CC(CNC(=O)c1ccc2c(c1)CCN2)N(C)C1CC1. The first kappa shape index (κ1) is 13.4. The number of likely N-dealkylation sites (N-methyl/N-ethyl adjacent to an activating group) is 1. The summed E-state index contributed by atoms with van der Waals surface area (Å²) in [5.41, 5.74) is 3.19. The fourth-order valence-corrected chi connectivity index (χ4v) is 2.77. The minimum atomic E-state index is 0.0377. The molecule has 20 heavy (non-hydrogen) atoms. The molecule has 2 N–H and O–H groups in total. The number of hydrogen-bond donors (Lipinski definition) is 2. The molecule has 0 saturated heterocycles. The van der Waals surface area contributed by atoms with Crippen LogP contribution in [-0.4, -0.2) is 43.0 Å². The highest BCUT2D eigenvalue weighted by Crippen LogP contribution is 2.26. The van der Waals surface area contributed by atoms with E-state index in [9.17, 15) is 4.79 Å². The third kappa shape index (κ3) is 2.80. The maximum absolute atomic E-state index is 12.2. The summed E-state index contributed by atoms with van der Waals surface area (Å²) in [4.78, 5) is 14.6. The van der Waals surface area contributed by atoms with Gasteiger partial charge in [-0.15, -0.1) is 0 Å². The number of carbonyl (C=O) groups excluding carboxylic acids is 1. The van der Waals surface area contributed by atoms with Crippen molar-refractivity contribution in [2.75, 3.05) is 25.5 Å². The van der Waals surface area contributed by atoms with Gasteiger partial charge in [-0.2, -0.15) is 0 Å². The molecule has 0 spiro atoms. The van der Waals surface area contributed by atoms with Gasteiger partial charge in [-0.1, -0.05) is 0 Å². The van der Waals surface area contributed by atoms with Gasteiger partial charge in [-0.25, -0.2) is 0 Å². The molecule has 1 amide bonds. The standard InChI is InChI=1S/C16H23N3O/c1-11(19(2)14-4-5-14)10-18-16(20)13-3-6-15-12(9-13)7-8-17-15/h3,6,9,11,14,17H,4-5,7-8,10H2,1-2H3,(H,18,20). The number of nitrogens with one attached hydrogen (secondary N) is 2. The average Bonchev–Trinajstić information content (AvgIpc) is 3.20. The Bertz CT molecular complexity index is 510. The van der Waals surface area contributed by atoms with E-state index in [4.69, 9.17) is 0 Å². The lowest BCUT2D eigenvalue weighted by Gasteiger charge is -2.24. The number of hydrogen-bond acceptors (Lipinski definition) is 3. The molecule has 3 rings (SSSR count). The Labute approximate surface area is 120 Å². The number of rotatable bonds is 5. The summed E-state index contributed by atoms with van der Waals surface area (Å²) in [5.74, 6) is 0.0377. The highest BCUT2D eigenvalue weighted by Gasteiger charge is 2.29. The van der Waals surface area contributed by atoms with Crippen LogP contribution in [0, 0.1) is 0 Å². The van der Waals surface area contributed by atoms with Gasteiger partial charge in [-0.3, -0.25) is 9.69 Å². The quantitative estimate of drug-likeness (QED) is 0.861. The summed E-state index contributed by atoms with van der Waals surface area (Å²) >= 11 is 0. The van der Waals surface area contributed by atoms with Gasteiger partial charge in [0, 0.05) is 36.4 Å². The first-order valence-corrected chi connectivity index (χ1v) is 7.52. The van der Waals surface area contributed by atoms with E-state index in [0.29, 0.717) is 12.6 Å². The number of benzene rings is 1. The van der Waals surface area contributed by atoms with Gasteiger partial charge < -0.3 is 10.6 Å². The maximum atomic E-state index is 12.2. The van der Waals surface area contributed by atoms with Crippen LogP contribution in [0.2, 0.25) is 0 Å². The van der Waals surface area contributed by atoms with Gasteiger partial charge in [-0.05, 0) is 57.0 Å². The van der Waals surface area contributed by atoms with Crippen LogP contribution in [0.4, 0.5) is 5.69 Å². The third-order valence-corrected chi connectivity index (χ3v) is 4.45. The predicted molar refractivity (Wildman–Crippen MR) is 81.2 cm³/mol. The predicted octanol–water partition coefficient (Wildman–Crippen LogP) is 1.87. The van der Waals surface area contributed by atoms with Gasteiger partial charge in [0.05, 0.1) is 0 Å². The summed E-state index contributed by atoms with van der Waals surface area (Å²) in [6.45, 7) is 3.86. The van der Waals surface area contributed by atoms with Gasteiger partial charge in [0.2, 0.25) is 0 Å². The largest absolute Gasteiger partial charge is 0.384 e. The number of anilines is 1. The van der Waals surface area contributed by atoms with Crippen LogP contribution >= 0.6 is 0 Å². The molecule has 4 nitrogen and oxygen atoms in total. The average molecular weight is 273 g/mol. The Kier molecular flexibility index (Phi) is 3.66. The van der Waals surface area contributed by atoms with Crippen molar-refractivity contribution in [2.45, 2.75) is 38.3 Å². The first-order valence-electron chi connectivity index (χ1n) is 7.52. The molecular formula is C16H23N3O. The van der Waals surface area contributed by atoms with E-state index < -0.39 is 0 Å². The van der Waals surface area contributed by atoms with Crippen molar-refractivity contribution in [2.24, 2.45) is 0 Å². The highest BCUT2D eigenvalue weighted by atomic mass is 16.1. The van der Waals surface area contributed by atoms with Crippen molar-refractivity contribution in [3.05, 3.63) is 29.3 Å². The van der Waals surface area contributed by atoms with Gasteiger partial charge in [0.15, 0.2) is 0 Å². The lowest BCUT2D eigenvalue weighted by Crippen LogP contribution is -2.41. The van der Waals surface area contributed by atoms with Gasteiger partial charge in [0.1, 0.15) is 0 Å². The first-order chi connectivity index (χ1) is 9.65. The lowest BCUT2D eigenvalue weighted by molar-refractivity contribution is 0.0939. The zero-order chi connectivity index (χ0) is 14.1. The van der Waals surface area contributed by atoms with Crippen LogP contribution in [0.1, 0.15) is 35.7 Å². The highest BCUT2D eigenvalue weighted by molar-refractivity contribution is 5.95. The molecule has 0 aromatic heterocycles. The molecule has 0 bridgehead atoms. The van der Waals surface area contributed by atoms with Crippen LogP contribution in [0.3, 0.4) is 0 Å². The fourth-order valence-electron chi connectivity index (χ4n) is 2.77. The fraction of sp³-hybridized carbons (Fsp3) is 0.562. The van der Waals surface area contributed by atoms with E-state index in [1.54, 1.807) is 0 Å². The van der Waals surface area contributed by atoms with Crippen LogP contribution in [0.5, 0.6) is 0 Å². The summed E-state index contributed by atoms with van der Waals surface area (Å²) < 4.78 is 0. The molecule has 1 aliphatic carbocycles. The van der Waals surface area contributed by atoms with Crippen molar-refractivity contribution in [3.8, 4) is 0 Å². The van der Waals surface area contributed by atoms with Crippen molar-refractivity contribution in [3.63, 3.8) is 0 Å². The van der Waals surface area contributed by atoms with Gasteiger partial charge >= 0.3 is 0 Å². The number of amides is 1. The smallest absolute Gasteiger partial charge is 0.251 e. The zero-order valence-corrected chi connectivity index (χ0v) is 12.3. The molecule has 1 atom stereocenters. The van der Waals surface area contributed by atoms with Crippen LogP contribution in [0.25, 0.3) is 0 Å². The van der Waals surface area contributed by atoms with E-state index in [1.165, 1.54) is 24.1 Å². The molecular weight excluding hydrogens is 250 g/mol. The Morgan fingerprint density at radius 3 is 3.05 bits per heavy atom. The third-order valence-electron chi connectivity index (χ3n) is 4.45. The molecule has 1 fully saturated rings. The minimum Gasteiger partial charge on any atom is -0.384 e. The van der Waals surface area contributed by atoms with Crippen LogP contribution in [0.15, 0.2) is 18.2 Å².